The van der Waals surface area contributed by atoms with Crippen LogP contribution in [-0.4, -0.2) is 12.7 Å². The van der Waals surface area contributed by atoms with Gasteiger partial charge in [-0.05, 0) is 42.9 Å². The minimum atomic E-state index is -0.309. The van der Waals surface area contributed by atoms with Crippen LogP contribution in [0.4, 0.5) is 4.39 Å². The van der Waals surface area contributed by atoms with E-state index in [2.05, 4.69) is 12.3 Å². The van der Waals surface area contributed by atoms with Gasteiger partial charge in [0.2, 0.25) is 0 Å². The molecule has 0 aliphatic heterocycles. The van der Waals surface area contributed by atoms with Gasteiger partial charge in [-0.1, -0.05) is 31.9 Å². The third-order valence-corrected chi connectivity index (χ3v) is 4.61. The lowest BCUT2D eigenvalue weighted by atomic mass is 9.73. The summed E-state index contributed by atoms with van der Waals surface area (Å²) >= 11 is 0. The van der Waals surface area contributed by atoms with Crippen LogP contribution < -0.4 is 11.3 Å². The summed E-state index contributed by atoms with van der Waals surface area (Å²) in [6.07, 6.45) is 4.30. The van der Waals surface area contributed by atoms with Gasteiger partial charge in [0.05, 0.1) is 11.6 Å². The Kier molecular flexibility index (Phi) is 4.78. The Morgan fingerprint density at radius 1 is 1.50 bits per heavy atom. The summed E-state index contributed by atoms with van der Waals surface area (Å²) in [7, 11) is 1.75. The molecule has 0 bridgehead atoms. The van der Waals surface area contributed by atoms with Gasteiger partial charge in [0.1, 0.15) is 5.82 Å². The molecule has 3 nitrogen and oxygen atoms in total. The maximum Gasteiger partial charge on any atom is 0.126 e. The number of benzene rings is 1. The van der Waals surface area contributed by atoms with Crippen LogP contribution in [0.15, 0.2) is 18.2 Å². The molecule has 1 aromatic carbocycles. The summed E-state index contributed by atoms with van der Waals surface area (Å²) in [6.45, 7) is 4.02. The van der Waals surface area contributed by atoms with Crippen LogP contribution in [0.25, 0.3) is 0 Å². The number of hydrogen-bond donors (Lipinski definition) is 2. The highest BCUT2D eigenvalue weighted by Crippen LogP contribution is 2.43. The highest BCUT2D eigenvalue weighted by atomic mass is 19.1. The van der Waals surface area contributed by atoms with Crippen LogP contribution in [0.5, 0.6) is 0 Å². The molecule has 0 aromatic heterocycles. The van der Waals surface area contributed by atoms with Crippen LogP contribution in [-0.2, 0) is 4.74 Å². The Labute approximate surface area is 120 Å². The van der Waals surface area contributed by atoms with Gasteiger partial charge in [0.25, 0.3) is 0 Å². The fourth-order valence-electron chi connectivity index (χ4n) is 3.51. The second-order valence-corrected chi connectivity index (χ2v) is 6.08. The van der Waals surface area contributed by atoms with Crippen molar-refractivity contribution in [3.63, 3.8) is 0 Å². The first-order valence-electron chi connectivity index (χ1n) is 7.30. The molecule has 0 amide bonds. The van der Waals surface area contributed by atoms with Crippen molar-refractivity contribution in [2.24, 2.45) is 11.8 Å². The standard InChI is InChI=1S/C16H25FN2O/c1-11-5-4-8-16(10-11,20-3)15(19-18)13-6-7-14(17)12(2)9-13/h6-7,9,11,15,19H,4-5,8,10,18H2,1-3H3. The third-order valence-electron chi connectivity index (χ3n) is 4.61. The van der Waals surface area contributed by atoms with Crippen molar-refractivity contribution >= 4 is 0 Å². The summed E-state index contributed by atoms with van der Waals surface area (Å²) in [4.78, 5) is 0. The number of ether oxygens (including phenoxy) is 1. The monoisotopic (exact) mass is 280 g/mol. The molecule has 1 aliphatic rings. The van der Waals surface area contributed by atoms with Gasteiger partial charge < -0.3 is 4.74 Å². The van der Waals surface area contributed by atoms with Gasteiger partial charge in [0, 0.05) is 7.11 Å². The molecule has 3 unspecified atom stereocenters. The zero-order valence-electron chi connectivity index (χ0n) is 12.6. The summed E-state index contributed by atoms with van der Waals surface area (Å²) in [6, 6.07) is 5.05. The lowest BCUT2D eigenvalue weighted by Gasteiger charge is -2.44. The van der Waals surface area contributed by atoms with E-state index >= 15 is 0 Å². The van der Waals surface area contributed by atoms with Gasteiger partial charge in [0.15, 0.2) is 0 Å². The number of rotatable bonds is 4. The third kappa shape index (κ3) is 2.87. The van der Waals surface area contributed by atoms with Crippen LogP contribution in [0.1, 0.15) is 49.8 Å². The van der Waals surface area contributed by atoms with Gasteiger partial charge >= 0.3 is 0 Å². The Hall–Kier alpha value is -0.970. The molecule has 1 aromatic rings. The number of halogens is 1. The van der Waals surface area contributed by atoms with Crippen LogP contribution in [0.3, 0.4) is 0 Å². The molecule has 20 heavy (non-hydrogen) atoms. The second kappa shape index (κ2) is 6.20. The zero-order valence-corrected chi connectivity index (χ0v) is 12.6. The molecule has 1 aliphatic carbocycles. The molecule has 3 atom stereocenters. The van der Waals surface area contributed by atoms with E-state index in [0.717, 1.165) is 24.8 Å². The molecule has 3 N–H and O–H groups in total. The average molecular weight is 280 g/mol. The number of nitrogens with two attached hydrogens (primary N) is 1. The maximum atomic E-state index is 13.5. The van der Waals surface area contributed by atoms with E-state index < -0.39 is 0 Å². The predicted molar refractivity (Wildman–Crippen MR) is 78.6 cm³/mol. The van der Waals surface area contributed by atoms with Gasteiger partial charge in [-0.15, -0.1) is 0 Å². The van der Waals surface area contributed by atoms with Gasteiger partial charge in [-0.25, -0.2) is 4.39 Å². The molecular weight excluding hydrogens is 255 g/mol. The van der Waals surface area contributed by atoms with Gasteiger partial charge in [-0.2, -0.15) is 0 Å². The van der Waals surface area contributed by atoms with E-state index in [9.17, 15) is 4.39 Å². The van der Waals surface area contributed by atoms with Crippen LogP contribution in [0, 0.1) is 18.7 Å². The molecule has 1 fully saturated rings. The molecule has 4 heteroatoms. The van der Waals surface area contributed by atoms with Crippen molar-refractivity contribution in [1.82, 2.24) is 5.43 Å². The summed E-state index contributed by atoms with van der Waals surface area (Å²) < 4.78 is 19.4. The van der Waals surface area contributed by atoms with Crippen molar-refractivity contribution in [3.8, 4) is 0 Å². The largest absolute Gasteiger partial charge is 0.376 e. The SMILES string of the molecule is COC1(C(NN)c2ccc(F)c(C)c2)CCCC(C)C1. The first-order chi connectivity index (χ1) is 9.52. The molecular formula is C16H25FN2O. The molecule has 1 saturated carbocycles. The summed E-state index contributed by atoms with van der Waals surface area (Å²) in [5.41, 5.74) is 4.22. The van der Waals surface area contributed by atoms with Crippen molar-refractivity contribution < 1.29 is 9.13 Å². The minimum Gasteiger partial charge on any atom is -0.376 e. The molecule has 0 saturated heterocycles. The van der Waals surface area contributed by atoms with Crippen molar-refractivity contribution in [1.29, 1.82) is 0 Å². The van der Waals surface area contributed by atoms with Gasteiger partial charge in [-0.3, -0.25) is 11.3 Å². The highest BCUT2D eigenvalue weighted by Gasteiger charge is 2.42. The normalized spacial score (nSPS) is 28.4. The van der Waals surface area contributed by atoms with E-state index in [1.54, 1.807) is 20.1 Å². The first-order valence-corrected chi connectivity index (χ1v) is 7.30. The molecule has 2 rings (SSSR count). The quantitative estimate of drug-likeness (QED) is 0.657. The summed E-state index contributed by atoms with van der Waals surface area (Å²) in [5.74, 6) is 6.23. The Morgan fingerprint density at radius 3 is 2.80 bits per heavy atom. The first kappa shape index (κ1) is 15.4. The Bertz CT molecular complexity index is 466. The van der Waals surface area contributed by atoms with Crippen LogP contribution in [0.2, 0.25) is 0 Å². The fourth-order valence-corrected chi connectivity index (χ4v) is 3.51. The van der Waals surface area contributed by atoms with Crippen molar-refractivity contribution in [2.45, 2.75) is 51.2 Å². The van der Waals surface area contributed by atoms with Crippen molar-refractivity contribution in [3.05, 3.63) is 35.1 Å². The van der Waals surface area contributed by atoms with Crippen molar-refractivity contribution in [2.75, 3.05) is 7.11 Å². The van der Waals surface area contributed by atoms with E-state index in [0.29, 0.717) is 11.5 Å². The smallest absolute Gasteiger partial charge is 0.126 e. The number of nitrogens with one attached hydrogen (secondary N) is 1. The number of methoxy groups -OCH3 is 1. The predicted octanol–water partition coefficient (Wildman–Crippen LogP) is 3.23. The van der Waals surface area contributed by atoms with Crippen LogP contribution >= 0.6 is 0 Å². The van der Waals surface area contributed by atoms with E-state index in [1.165, 1.54) is 12.5 Å². The summed E-state index contributed by atoms with van der Waals surface area (Å²) in [5, 5.41) is 0. The lowest BCUT2D eigenvalue weighted by Crippen LogP contribution is -2.50. The van der Waals surface area contributed by atoms with E-state index in [-0.39, 0.29) is 17.5 Å². The number of hydrazine groups is 1. The minimum absolute atomic E-state index is 0.116. The zero-order chi connectivity index (χ0) is 14.8. The number of aryl methyl sites for hydroxylation is 1. The highest BCUT2D eigenvalue weighted by molar-refractivity contribution is 5.29. The molecule has 112 valence electrons. The Morgan fingerprint density at radius 2 is 2.25 bits per heavy atom. The maximum absolute atomic E-state index is 13.5. The van der Waals surface area contributed by atoms with E-state index in [1.807, 2.05) is 6.07 Å². The second-order valence-electron chi connectivity index (χ2n) is 6.08. The molecule has 0 radical (unpaired) electrons. The van der Waals surface area contributed by atoms with E-state index in [4.69, 9.17) is 10.6 Å². The molecule has 0 spiro atoms. The lowest BCUT2D eigenvalue weighted by molar-refractivity contribution is -0.0806. The topological polar surface area (TPSA) is 47.3 Å². The fraction of sp³-hybridized carbons (Fsp3) is 0.625. The molecule has 0 heterocycles. The number of hydrogen-bond acceptors (Lipinski definition) is 3. The average Bonchev–Trinajstić information content (AvgIpc) is 2.43. The Balaban J connectivity index is 2.35.